The van der Waals surface area contributed by atoms with Crippen LogP contribution in [0.3, 0.4) is 0 Å². The van der Waals surface area contributed by atoms with Crippen molar-refractivity contribution in [1.82, 2.24) is 15.3 Å². The molecular formula is C14H23N3O2S. The summed E-state index contributed by atoms with van der Waals surface area (Å²) >= 11 is 1.26. The number of aromatic nitrogens is 2. The van der Waals surface area contributed by atoms with Crippen LogP contribution < -0.4 is 10.9 Å². The fraction of sp³-hybridized carbons (Fsp3) is 0.643. The molecule has 0 saturated carbocycles. The van der Waals surface area contributed by atoms with Crippen LogP contribution in [0.5, 0.6) is 0 Å². The van der Waals surface area contributed by atoms with Crippen molar-refractivity contribution in [2.45, 2.75) is 57.7 Å². The first-order chi connectivity index (χ1) is 9.55. The van der Waals surface area contributed by atoms with Crippen molar-refractivity contribution in [2.24, 2.45) is 0 Å². The second-order valence-electron chi connectivity index (χ2n) is 4.84. The summed E-state index contributed by atoms with van der Waals surface area (Å²) in [5, 5.41) is 3.44. The van der Waals surface area contributed by atoms with Crippen molar-refractivity contribution in [1.29, 1.82) is 0 Å². The minimum Gasteiger partial charge on any atom is -0.353 e. The van der Waals surface area contributed by atoms with Crippen LogP contribution in [0.25, 0.3) is 0 Å². The van der Waals surface area contributed by atoms with Crippen LogP contribution in [0, 0.1) is 0 Å². The lowest BCUT2D eigenvalue weighted by Crippen LogP contribution is -2.33. The van der Waals surface area contributed by atoms with Crippen molar-refractivity contribution >= 4 is 17.7 Å². The molecule has 0 aliphatic rings. The van der Waals surface area contributed by atoms with Gasteiger partial charge in [-0.2, -0.15) is 0 Å². The zero-order valence-corrected chi connectivity index (χ0v) is 13.2. The predicted molar refractivity (Wildman–Crippen MR) is 82.1 cm³/mol. The monoisotopic (exact) mass is 297 g/mol. The number of H-pyrrole nitrogens is 1. The normalized spacial score (nSPS) is 12.2. The standard InChI is InChI=1S/C14H23N3O2S/c1-4-6-10(3)15-13(19)9-20-14-16-11(7-5-2)8-12(18)17-14/h8,10H,4-7,9H2,1-3H3,(H,15,19)(H,16,17,18)/t10-/m0/s1. The minimum atomic E-state index is -0.161. The van der Waals surface area contributed by atoms with Gasteiger partial charge in [-0.05, 0) is 19.8 Å². The molecule has 112 valence electrons. The minimum absolute atomic E-state index is 0.0282. The topological polar surface area (TPSA) is 74.8 Å². The molecule has 0 aromatic carbocycles. The molecule has 2 N–H and O–H groups in total. The van der Waals surface area contributed by atoms with E-state index in [0.29, 0.717) is 5.16 Å². The van der Waals surface area contributed by atoms with E-state index < -0.39 is 0 Å². The predicted octanol–water partition coefficient (Wildman–Crippen LogP) is 2.12. The Balaban J connectivity index is 2.52. The Hall–Kier alpha value is -1.30. The largest absolute Gasteiger partial charge is 0.353 e. The number of hydrogen-bond donors (Lipinski definition) is 2. The molecule has 1 heterocycles. The molecule has 0 fully saturated rings. The summed E-state index contributed by atoms with van der Waals surface area (Å²) in [6, 6.07) is 1.70. The van der Waals surface area contributed by atoms with E-state index in [1.165, 1.54) is 17.8 Å². The summed E-state index contributed by atoms with van der Waals surface area (Å²) in [5.41, 5.74) is 0.615. The Kier molecular flexibility index (Phi) is 7.36. The Morgan fingerprint density at radius 1 is 1.45 bits per heavy atom. The van der Waals surface area contributed by atoms with Crippen molar-refractivity contribution in [3.8, 4) is 0 Å². The van der Waals surface area contributed by atoms with Crippen LogP contribution in [0.4, 0.5) is 0 Å². The van der Waals surface area contributed by atoms with Gasteiger partial charge in [-0.3, -0.25) is 9.59 Å². The lowest BCUT2D eigenvalue weighted by molar-refractivity contribution is -0.119. The maximum Gasteiger partial charge on any atom is 0.251 e. The van der Waals surface area contributed by atoms with Crippen molar-refractivity contribution in [3.63, 3.8) is 0 Å². The number of carbonyl (C=O) groups is 1. The van der Waals surface area contributed by atoms with E-state index in [2.05, 4.69) is 22.2 Å². The average molecular weight is 297 g/mol. The highest BCUT2D eigenvalue weighted by atomic mass is 32.2. The average Bonchev–Trinajstić information content (AvgIpc) is 2.36. The van der Waals surface area contributed by atoms with Gasteiger partial charge in [0, 0.05) is 17.8 Å². The van der Waals surface area contributed by atoms with E-state index in [9.17, 15) is 9.59 Å². The first kappa shape index (κ1) is 16.8. The van der Waals surface area contributed by atoms with Crippen LogP contribution in [-0.2, 0) is 11.2 Å². The highest BCUT2D eigenvalue weighted by Crippen LogP contribution is 2.11. The quantitative estimate of drug-likeness (QED) is 0.569. The van der Waals surface area contributed by atoms with Gasteiger partial charge in [-0.1, -0.05) is 38.5 Å². The summed E-state index contributed by atoms with van der Waals surface area (Å²) in [5.74, 6) is 0.242. The van der Waals surface area contributed by atoms with Crippen molar-refractivity contribution < 1.29 is 4.79 Å². The van der Waals surface area contributed by atoms with E-state index in [-0.39, 0.29) is 23.3 Å². The van der Waals surface area contributed by atoms with Gasteiger partial charge < -0.3 is 10.3 Å². The molecule has 1 amide bonds. The smallest absolute Gasteiger partial charge is 0.251 e. The third-order valence-corrected chi connectivity index (χ3v) is 3.62. The summed E-state index contributed by atoms with van der Waals surface area (Å²) in [7, 11) is 0. The molecule has 0 radical (unpaired) electrons. The lowest BCUT2D eigenvalue weighted by atomic mass is 10.2. The van der Waals surface area contributed by atoms with Gasteiger partial charge in [0.25, 0.3) is 5.56 Å². The maximum atomic E-state index is 11.7. The highest BCUT2D eigenvalue weighted by molar-refractivity contribution is 7.99. The number of carbonyl (C=O) groups excluding carboxylic acids is 1. The lowest BCUT2D eigenvalue weighted by Gasteiger charge is -2.12. The maximum absolute atomic E-state index is 11.7. The Morgan fingerprint density at radius 2 is 2.20 bits per heavy atom. The molecule has 0 spiro atoms. The number of nitrogens with one attached hydrogen (secondary N) is 2. The Labute approximate surface area is 124 Å². The molecular weight excluding hydrogens is 274 g/mol. The third-order valence-electron chi connectivity index (χ3n) is 2.75. The molecule has 1 atom stereocenters. The summed E-state index contributed by atoms with van der Waals surface area (Å²) in [4.78, 5) is 30.2. The van der Waals surface area contributed by atoms with Gasteiger partial charge >= 0.3 is 0 Å². The summed E-state index contributed by atoms with van der Waals surface area (Å²) < 4.78 is 0. The van der Waals surface area contributed by atoms with E-state index >= 15 is 0 Å². The number of rotatable bonds is 8. The zero-order chi connectivity index (χ0) is 15.0. The number of aryl methyl sites for hydroxylation is 1. The zero-order valence-electron chi connectivity index (χ0n) is 12.4. The fourth-order valence-corrected chi connectivity index (χ4v) is 2.60. The third kappa shape index (κ3) is 6.23. The van der Waals surface area contributed by atoms with Gasteiger partial charge in [0.2, 0.25) is 5.91 Å². The molecule has 1 aromatic heterocycles. The molecule has 0 aliphatic carbocycles. The molecule has 0 unspecified atom stereocenters. The molecule has 0 bridgehead atoms. The fourth-order valence-electron chi connectivity index (χ4n) is 1.89. The van der Waals surface area contributed by atoms with Crippen LogP contribution in [0.1, 0.15) is 45.7 Å². The van der Waals surface area contributed by atoms with Gasteiger partial charge in [-0.15, -0.1) is 0 Å². The van der Waals surface area contributed by atoms with Crippen LogP contribution in [-0.4, -0.2) is 27.7 Å². The van der Waals surface area contributed by atoms with Gasteiger partial charge in [-0.25, -0.2) is 4.98 Å². The number of hydrogen-bond acceptors (Lipinski definition) is 4. The Bertz CT molecular complexity index is 488. The molecule has 20 heavy (non-hydrogen) atoms. The molecule has 6 heteroatoms. The molecule has 0 saturated heterocycles. The second kappa shape index (κ2) is 8.79. The van der Waals surface area contributed by atoms with E-state index in [1.807, 2.05) is 13.8 Å². The highest BCUT2D eigenvalue weighted by Gasteiger charge is 2.08. The van der Waals surface area contributed by atoms with Gasteiger partial charge in [0.1, 0.15) is 0 Å². The first-order valence-electron chi connectivity index (χ1n) is 7.07. The molecule has 0 aliphatic heterocycles. The van der Waals surface area contributed by atoms with Crippen molar-refractivity contribution in [3.05, 3.63) is 22.1 Å². The van der Waals surface area contributed by atoms with E-state index in [0.717, 1.165) is 31.4 Å². The first-order valence-corrected chi connectivity index (χ1v) is 8.06. The van der Waals surface area contributed by atoms with E-state index in [4.69, 9.17) is 0 Å². The number of aromatic amines is 1. The van der Waals surface area contributed by atoms with Crippen molar-refractivity contribution in [2.75, 3.05) is 5.75 Å². The van der Waals surface area contributed by atoms with Gasteiger partial charge in [0.15, 0.2) is 5.16 Å². The number of amides is 1. The number of nitrogens with zero attached hydrogens (tertiary/aromatic N) is 1. The second-order valence-corrected chi connectivity index (χ2v) is 5.80. The van der Waals surface area contributed by atoms with Crippen LogP contribution in [0.2, 0.25) is 0 Å². The number of thioether (sulfide) groups is 1. The SMILES string of the molecule is CCCc1cc(=O)[nH]c(SCC(=O)N[C@@H](C)CCC)n1. The van der Waals surface area contributed by atoms with E-state index in [1.54, 1.807) is 0 Å². The molecule has 1 rings (SSSR count). The summed E-state index contributed by atoms with van der Waals surface area (Å²) in [6.07, 6.45) is 3.73. The molecule has 1 aromatic rings. The summed E-state index contributed by atoms with van der Waals surface area (Å²) in [6.45, 7) is 6.12. The Morgan fingerprint density at radius 3 is 2.85 bits per heavy atom. The van der Waals surface area contributed by atoms with Gasteiger partial charge in [0.05, 0.1) is 5.75 Å². The molecule has 5 nitrogen and oxygen atoms in total. The van der Waals surface area contributed by atoms with Crippen LogP contribution >= 0.6 is 11.8 Å². The van der Waals surface area contributed by atoms with Crippen LogP contribution in [0.15, 0.2) is 16.0 Å².